The maximum atomic E-state index is 11.8. The molecule has 0 saturated carbocycles. The van der Waals surface area contributed by atoms with Gasteiger partial charge < -0.3 is 0 Å². The Balaban J connectivity index is 2.28. The van der Waals surface area contributed by atoms with Gasteiger partial charge in [0.15, 0.2) is 0 Å². The number of thiophene rings is 1. The molecule has 7 nitrogen and oxygen atoms in total. The van der Waals surface area contributed by atoms with Crippen LogP contribution in [0, 0.1) is 18.3 Å². The highest BCUT2D eigenvalue weighted by Gasteiger charge is 2.18. The van der Waals surface area contributed by atoms with E-state index in [9.17, 15) is 8.42 Å². The average Bonchev–Trinajstić information content (AvgIpc) is 2.86. The van der Waals surface area contributed by atoms with Crippen molar-refractivity contribution in [3.63, 3.8) is 0 Å². The Bertz CT molecular complexity index is 679. The van der Waals surface area contributed by atoms with E-state index in [1.54, 1.807) is 6.92 Å². The largest absolute Gasteiger partial charge is 0.273 e. The maximum absolute atomic E-state index is 11.8. The predicted molar refractivity (Wildman–Crippen MR) is 61.0 cm³/mol. The number of hydrogen-bond donors (Lipinski definition) is 2. The first-order chi connectivity index (χ1) is 8.01. The Labute approximate surface area is 101 Å². The van der Waals surface area contributed by atoms with Crippen LogP contribution in [0.3, 0.4) is 0 Å². The molecule has 2 aromatic rings. The number of anilines is 1. The molecule has 0 atom stereocenters. The lowest BCUT2D eigenvalue weighted by Crippen LogP contribution is -2.12. The highest BCUT2D eigenvalue weighted by Crippen LogP contribution is 2.22. The molecule has 0 aliphatic rings. The highest BCUT2D eigenvalue weighted by atomic mass is 32.2. The lowest BCUT2D eigenvalue weighted by atomic mass is 10.5. The zero-order chi connectivity index (χ0) is 12.5. The molecule has 2 heterocycles. The highest BCUT2D eigenvalue weighted by molar-refractivity contribution is 7.94. The summed E-state index contributed by atoms with van der Waals surface area (Å²) in [6.45, 7) is 1.66. The topological polar surface area (TPSA) is 112 Å². The third-order valence-corrected chi connectivity index (χ3v) is 4.59. The first-order valence-electron chi connectivity index (χ1n) is 4.43. The van der Waals surface area contributed by atoms with Crippen molar-refractivity contribution >= 4 is 27.3 Å². The van der Waals surface area contributed by atoms with Gasteiger partial charge in [0.25, 0.3) is 16.0 Å². The lowest BCUT2D eigenvalue weighted by molar-refractivity contribution is 0.603. The van der Waals surface area contributed by atoms with Crippen molar-refractivity contribution in [2.24, 2.45) is 0 Å². The minimum Gasteiger partial charge on any atom is -0.261 e. The summed E-state index contributed by atoms with van der Waals surface area (Å²) in [7, 11) is -3.72. The molecule has 0 saturated heterocycles. The van der Waals surface area contributed by atoms with E-state index in [2.05, 4.69) is 19.9 Å². The van der Waals surface area contributed by atoms with Crippen LogP contribution in [0.25, 0.3) is 0 Å². The normalized spacial score (nSPS) is 11.1. The zero-order valence-corrected chi connectivity index (χ0v) is 10.3. The van der Waals surface area contributed by atoms with E-state index in [0.29, 0.717) is 10.7 Å². The molecule has 2 aromatic heterocycles. The van der Waals surface area contributed by atoms with Crippen molar-refractivity contribution in [2.75, 3.05) is 4.72 Å². The van der Waals surface area contributed by atoms with Gasteiger partial charge in [-0.25, -0.2) is 13.1 Å². The third-order valence-electron chi connectivity index (χ3n) is 1.78. The first kappa shape index (κ1) is 11.6. The van der Waals surface area contributed by atoms with E-state index in [4.69, 9.17) is 5.26 Å². The molecule has 0 aromatic carbocycles. The summed E-state index contributed by atoms with van der Waals surface area (Å²) in [5.41, 5.74) is 0. The van der Waals surface area contributed by atoms with Gasteiger partial charge in [-0.15, -0.1) is 16.4 Å². The standard InChI is InChI=1S/C8H7N5O2S2/c1-5-10-8(12-11-5)13-17(14,15)7-3-2-6(4-9)16-7/h2-3H,1H3,(H2,10,11,12,13). The lowest BCUT2D eigenvalue weighted by Gasteiger charge is -2.00. The molecule has 0 aliphatic heterocycles. The van der Waals surface area contributed by atoms with E-state index in [1.165, 1.54) is 12.1 Å². The molecule has 0 spiro atoms. The second-order valence-electron chi connectivity index (χ2n) is 3.08. The number of rotatable bonds is 3. The molecule has 9 heteroatoms. The minimum atomic E-state index is -3.72. The molecular formula is C8H7N5O2S2. The minimum absolute atomic E-state index is 0.0191. The second kappa shape index (κ2) is 4.15. The fourth-order valence-electron chi connectivity index (χ4n) is 1.08. The Morgan fingerprint density at radius 3 is 2.82 bits per heavy atom. The summed E-state index contributed by atoms with van der Waals surface area (Å²) in [6.07, 6.45) is 0. The van der Waals surface area contributed by atoms with E-state index >= 15 is 0 Å². The van der Waals surface area contributed by atoms with Gasteiger partial charge >= 0.3 is 0 Å². The molecule has 0 amide bonds. The summed E-state index contributed by atoms with van der Waals surface area (Å²) in [6, 6.07) is 4.69. The zero-order valence-electron chi connectivity index (χ0n) is 8.63. The van der Waals surface area contributed by atoms with E-state index in [-0.39, 0.29) is 10.2 Å². The van der Waals surface area contributed by atoms with Crippen molar-refractivity contribution in [1.82, 2.24) is 15.2 Å². The number of aryl methyl sites for hydroxylation is 1. The Morgan fingerprint density at radius 2 is 2.29 bits per heavy atom. The van der Waals surface area contributed by atoms with E-state index in [1.807, 2.05) is 6.07 Å². The number of aromatic nitrogens is 3. The molecule has 17 heavy (non-hydrogen) atoms. The van der Waals surface area contributed by atoms with Gasteiger partial charge in [0.2, 0.25) is 0 Å². The number of aromatic amines is 1. The Morgan fingerprint density at radius 1 is 1.53 bits per heavy atom. The van der Waals surface area contributed by atoms with Crippen LogP contribution in [0.2, 0.25) is 0 Å². The van der Waals surface area contributed by atoms with Gasteiger partial charge in [-0.1, -0.05) is 0 Å². The SMILES string of the molecule is Cc1nc(NS(=O)(=O)c2ccc(C#N)s2)n[nH]1. The van der Waals surface area contributed by atoms with Crippen molar-refractivity contribution in [3.8, 4) is 6.07 Å². The van der Waals surface area contributed by atoms with E-state index in [0.717, 1.165) is 11.3 Å². The van der Waals surface area contributed by atoms with Gasteiger partial charge in [-0.3, -0.25) is 5.10 Å². The predicted octanol–water partition coefficient (Wildman–Crippen LogP) is 0.847. The fraction of sp³-hybridized carbons (Fsp3) is 0.125. The van der Waals surface area contributed by atoms with E-state index < -0.39 is 10.0 Å². The molecule has 2 N–H and O–H groups in total. The molecule has 2 rings (SSSR count). The van der Waals surface area contributed by atoms with Gasteiger partial charge in [0.05, 0.1) is 0 Å². The Kier molecular flexibility index (Phi) is 2.83. The maximum Gasteiger partial charge on any atom is 0.273 e. The van der Waals surface area contributed by atoms with Crippen molar-refractivity contribution in [3.05, 3.63) is 22.8 Å². The molecule has 0 fully saturated rings. The number of hydrogen-bond acceptors (Lipinski definition) is 6. The van der Waals surface area contributed by atoms with Crippen molar-refractivity contribution in [2.45, 2.75) is 11.1 Å². The fourth-order valence-corrected chi connectivity index (χ4v) is 3.13. The third kappa shape index (κ3) is 2.43. The van der Waals surface area contributed by atoms with Crippen LogP contribution in [-0.4, -0.2) is 23.6 Å². The molecule has 0 radical (unpaired) electrons. The van der Waals surface area contributed by atoms with Crippen LogP contribution in [0.5, 0.6) is 0 Å². The molecular weight excluding hydrogens is 262 g/mol. The Hall–Kier alpha value is -1.92. The smallest absolute Gasteiger partial charge is 0.261 e. The first-order valence-corrected chi connectivity index (χ1v) is 6.73. The van der Waals surface area contributed by atoms with Crippen LogP contribution in [0.15, 0.2) is 16.3 Å². The van der Waals surface area contributed by atoms with Crippen molar-refractivity contribution in [1.29, 1.82) is 5.26 Å². The summed E-state index contributed by atoms with van der Waals surface area (Å²) in [5.74, 6) is 0.487. The number of nitriles is 1. The monoisotopic (exact) mass is 269 g/mol. The summed E-state index contributed by atoms with van der Waals surface area (Å²) in [5, 5.41) is 14.8. The van der Waals surface area contributed by atoms with Gasteiger partial charge in [0, 0.05) is 0 Å². The van der Waals surface area contributed by atoms with Crippen molar-refractivity contribution < 1.29 is 8.42 Å². The number of nitrogens with zero attached hydrogens (tertiary/aromatic N) is 3. The van der Waals surface area contributed by atoms with Crippen LogP contribution >= 0.6 is 11.3 Å². The molecule has 0 bridgehead atoms. The number of nitrogens with one attached hydrogen (secondary N) is 2. The summed E-state index contributed by atoms with van der Waals surface area (Å²) < 4.78 is 25.9. The molecule has 0 unspecified atom stereocenters. The van der Waals surface area contributed by atoms with Gasteiger partial charge in [-0.2, -0.15) is 10.2 Å². The van der Waals surface area contributed by atoms with Crippen LogP contribution in [0.4, 0.5) is 5.95 Å². The quantitative estimate of drug-likeness (QED) is 0.857. The second-order valence-corrected chi connectivity index (χ2v) is 6.07. The van der Waals surface area contributed by atoms with Gasteiger partial charge in [-0.05, 0) is 19.1 Å². The average molecular weight is 269 g/mol. The van der Waals surface area contributed by atoms with Crippen LogP contribution in [0.1, 0.15) is 10.7 Å². The van der Waals surface area contributed by atoms with Crippen LogP contribution in [-0.2, 0) is 10.0 Å². The van der Waals surface area contributed by atoms with Crippen LogP contribution < -0.4 is 4.72 Å². The molecule has 88 valence electrons. The number of H-pyrrole nitrogens is 1. The molecule has 0 aliphatic carbocycles. The number of sulfonamides is 1. The summed E-state index contributed by atoms with van der Waals surface area (Å²) >= 11 is 0.889. The summed E-state index contributed by atoms with van der Waals surface area (Å²) in [4.78, 5) is 4.16. The van der Waals surface area contributed by atoms with Gasteiger partial charge in [0.1, 0.15) is 21.0 Å².